The molecule has 0 bridgehead atoms. The number of rotatable bonds is 13. The molecule has 2 aromatic heterocycles. The van der Waals surface area contributed by atoms with Crippen molar-refractivity contribution in [2.75, 3.05) is 33.4 Å². The Morgan fingerprint density at radius 2 is 1.94 bits per heavy atom. The van der Waals surface area contributed by atoms with Gasteiger partial charge in [-0.2, -0.15) is 10.2 Å². The van der Waals surface area contributed by atoms with Crippen molar-refractivity contribution in [2.24, 2.45) is 48.9 Å². The quantitative estimate of drug-likeness (QED) is 0.0737. The van der Waals surface area contributed by atoms with Gasteiger partial charge in [-0.3, -0.25) is 14.7 Å². The van der Waals surface area contributed by atoms with Crippen LogP contribution in [0.3, 0.4) is 0 Å². The van der Waals surface area contributed by atoms with Crippen molar-refractivity contribution in [1.82, 2.24) is 9.61 Å². The van der Waals surface area contributed by atoms with Crippen LogP contribution in [0.4, 0.5) is 13.2 Å². The van der Waals surface area contributed by atoms with Gasteiger partial charge in [-0.1, -0.05) is 47.3 Å². The highest BCUT2D eigenvalue weighted by atomic mass is 19.4. The van der Waals surface area contributed by atoms with Crippen molar-refractivity contribution in [3.05, 3.63) is 71.2 Å². The molecule has 3 heterocycles. The molecule has 2 aromatic rings. The van der Waals surface area contributed by atoms with E-state index in [0.29, 0.717) is 17.5 Å². The third-order valence-electron chi connectivity index (χ3n) is 8.66. The molecule has 282 valence electrons. The van der Waals surface area contributed by atoms with E-state index in [2.05, 4.69) is 57.3 Å². The minimum Gasteiger partial charge on any atom is -0.484 e. The van der Waals surface area contributed by atoms with Crippen LogP contribution in [-0.4, -0.2) is 79.7 Å². The van der Waals surface area contributed by atoms with Crippen LogP contribution in [-0.2, 0) is 14.2 Å². The highest BCUT2D eigenvalue weighted by Gasteiger charge is 2.42. The van der Waals surface area contributed by atoms with Crippen LogP contribution in [0.25, 0.3) is 5.52 Å². The van der Waals surface area contributed by atoms with E-state index >= 15 is 0 Å². The minimum absolute atomic E-state index is 0.152. The lowest BCUT2D eigenvalue weighted by Gasteiger charge is -2.36. The first-order valence-corrected chi connectivity index (χ1v) is 17.2. The summed E-state index contributed by atoms with van der Waals surface area (Å²) in [7, 11) is 1.46. The number of methoxy groups -OCH3 is 1. The molecule has 1 unspecified atom stereocenters. The number of hydrogen-bond acceptors (Lipinski definition) is 9. The third kappa shape index (κ3) is 13.1. The van der Waals surface area contributed by atoms with Crippen molar-refractivity contribution < 1.29 is 27.4 Å². The molecule has 11 nitrogen and oxygen atoms in total. The number of fused-ring (bicyclic) bond motifs is 1. The first kappa shape index (κ1) is 42.9. The maximum absolute atomic E-state index is 12.2. The molecule has 51 heavy (non-hydrogen) atoms. The number of allylic oxidation sites excluding steroid dienone is 2. The van der Waals surface area contributed by atoms with E-state index in [9.17, 15) is 13.2 Å². The number of ether oxygens (including phenoxy) is 3. The van der Waals surface area contributed by atoms with E-state index in [1.807, 2.05) is 62.8 Å². The molecule has 1 saturated heterocycles. The average Bonchev–Trinajstić information content (AvgIpc) is 3.46. The topological polar surface area (TPSA) is 146 Å². The Morgan fingerprint density at radius 3 is 2.47 bits per heavy atom. The van der Waals surface area contributed by atoms with E-state index in [-0.39, 0.29) is 30.7 Å². The van der Waals surface area contributed by atoms with E-state index < -0.39 is 12.5 Å². The lowest BCUT2D eigenvalue weighted by atomic mass is 9.82. The Labute approximate surface area is 300 Å². The number of hydrogen-bond donors (Lipinski definition) is 2. The van der Waals surface area contributed by atoms with Gasteiger partial charge in [0.05, 0.1) is 56.7 Å². The number of pyridine rings is 1. The Morgan fingerprint density at radius 1 is 1.25 bits per heavy atom. The van der Waals surface area contributed by atoms with Crippen molar-refractivity contribution in [2.45, 2.75) is 80.2 Å². The highest BCUT2D eigenvalue weighted by molar-refractivity contribution is 6.38. The third-order valence-corrected chi connectivity index (χ3v) is 8.66. The van der Waals surface area contributed by atoms with Gasteiger partial charge in [0.25, 0.3) is 0 Å². The number of aromatic nitrogens is 2. The lowest BCUT2D eigenvalue weighted by Crippen LogP contribution is -2.42. The smallest absolute Gasteiger partial charge is 0.484 e. The fourth-order valence-electron chi connectivity index (χ4n) is 5.16. The maximum atomic E-state index is 12.2. The van der Waals surface area contributed by atoms with Crippen molar-refractivity contribution in [3.63, 3.8) is 0 Å². The summed E-state index contributed by atoms with van der Waals surface area (Å²) in [4.78, 5) is 13.1. The lowest BCUT2D eigenvalue weighted by molar-refractivity contribution is -0.352. The molecule has 1 aliphatic carbocycles. The standard InChI is InChI=1S/C20H30F3N3O2.C15H19N5O.C2H6/c1-6-13(3)14(4)18(26-12-24)8-15(7-2)11-25-19(27-5)16-9-17(10-16)28-20(21,22)23;1-11-5-18-20-7-12(3-4-14(11)20)13(19-16)6-17-8-15(2)9-21-10-15;1-2/h7-8,12-13,16-17H,2,6,9-11H2,1,3-5H3,(H2,24,26);3-7H,8-10,16H2,1-2H3;1-2H3/b15-8+,18-14+,25-19?;17-6?,19-13+;. The zero-order valence-corrected chi connectivity index (χ0v) is 31.2. The van der Waals surface area contributed by atoms with Gasteiger partial charge in [0.1, 0.15) is 5.71 Å². The van der Waals surface area contributed by atoms with Gasteiger partial charge in [0.2, 0.25) is 0 Å². The van der Waals surface area contributed by atoms with Crippen LogP contribution < -0.4 is 11.6 Å². The summed E-state index contributed by atoms with van der Waals surface area (Å²) in [6.45, 7) is 20.7. The molecule has 0 spiro atoms. The molecule has 0 aromatic carbocycles. The second kappa shape index (κ2) is 20.5. The predicted molar refractivity (Wildman–Crippen MR) is 200 cm³/mol. The van der Waals surface area contributed by atoms with Crippen molar-refractivity contribution in [3.8, 4) is 0 Å². The van der Waals surface area contributed by atoms with E-state index in [1.165, 1.54) is 13.4 Å². The molecule has 1 saturated carbocycles. The number of aryl methyl sites for hydroxylation is 1. The summed E-state index contributed by atoms with van der Waals surface area (Å²) in [5, 5.41) is 8.13. The summed E-state index contributed by atoms with van der Waals surface area (Å²) >= 11 is 0. The van der Waals surface area contributed by atoms with Crippen LogP contribution >= 0.6 is 0 Å². The fraction of sp³-hybridized carbons (Fsp3) is 0.541. The second-order valence-electron chi connectivity index (χ2n) is 12.7. The Hall–Kier alpha value is -4.30. The van der Waals surface area contributed by atoms with Crippen molar-refractivity contribution in [1.29, 1.82) is 0 Å². The molecule has 1 atom stereocenters. The number of hydrazone groups is 1. The predicted octanol–water partition coefficient (Wildman–Crippen LogP) is 7.20. The fourth-order valence-corrected chi connectivity index (χ4v) is 5.16. The van der Waals surface area contributed by atoms with Gasteiger partial charge in [-0.25, -0.2) is 9.51 Å². The molecule has 0 radical (unpaired) electrons. The molecule has 2 aliphatic rings. The molecular weight excluding hydrogens is 661 g/mol. The van der Waals surface area contributed by atoms with Crippen LogP contribution in [0, 0.1) is 24.2 Å². The Kier molecular flexibility index (Phi) is 17.3. The molecule has 1 aliphatic heterocycles. The van der Waals surface area contributed by atoms with Crippen LogP contribution in [0.1, 0.15) is 71.9 Å². The SMILES string of the molecule is C=C/C(=C\C(N=CN)=C(\C)C(C)CC)CN=C(OC)C1CC(OC(F)(F)F)C1.CC.Cc1cnn2cc(/C(C=NCC3(C)COC3)=N/N)ccc12. The normalized spacial score (nSPS) is 20.4. The molecule has 4 rings (SSSR count). The monoisotopic (exact) mass is 716 g/mol. The average molecular weight is 717 g/mol. The van der Waals surface area contributed by atoms with Crippen LogP contribution in [0.15, 0.2) is 80.2 Å². The number of nitrogens with zero attached hydrogens (tertiary/aromatic N) is 6. The first-order chi connectivity index (χ1) is 24.3. The van der Waals surface area contributed by atoms with Gasteiger partial charge >= 0.3 is 6.36 Å². The summed E-state index contributed by atoms with van der Waals surface area (Å²) < 4.78 is 53.1. The summed E-state index contributed by atoms with van der Waals surface area (Å²) in [5.41, 5.74) is 12.0. The van der Waals surface area contributed by atoms with Gasteiger partial charge in [0, 0.05) is 35.9 Å². The summed E-state index contributed by atoms with van der Waals surface area (Å²) in [5.74, 6) is 6.08. The zero-order valence-electron chi connectivity index (χ0n) is 31.2. The molecular formula is C37H55F3N8O3. The number of halogens is 3. The maximum Gasteiger partial charge on any atom is 0.522 e. The first-order valence-electron chi connectivity index (χ1n) is 17.2. The van der Waals surface area contributed by atoms with E-state index in [4.69, 9.17) is 21.1 Å². The number of alkyl halides is 3. The van der Waals surface area contributed by atoms with Gasteiger partial charge in [-0.05, 0) is 73.9 Å². The number of aliphatic imine (C=N–C) groups is 3. The highest BCUT2D eigenvalue weighted by Crippen LogP contribution is 2.36. The summed E-state index contributed by atoms with van der Waals surface area (Å²) in [6.07, 6.45) is 6.24. The van der Waals surface area contributed by atoms with Gasteiger partial charge in [-0.15, -0.1) is 13.2 Å². The molecule has 2 fully saturated rings. The Balaban J connectivity index is 0.000000347. The van der Waals surface area contributed by atoms with Gasteiger partial charge in [0.15, 0.2) is 5.90 Å². The molecule has 4 N–H and O–H groups in total. The van der Waals surface area contributed by atoms with E-state index in [0.717, 1.165) is 59.7 Å². The summed E-state index contributed by atoms with van der Waals surface area (Å²) in [6, 6.07) is 3.99. The molecule has 0 amide bonds. The largest absolute Gasteiger partial charge is 0.522 e. The van der Waals surface area contributed by atoms with E-state index in [1.54, 1.807) is 12.3 Å². The van der Waals surface area contributed by atoms with Crippen molar-refractivity contribution >= 4 is 29.7 Å². The Bertz CT molecular complexity index is 1600. The van der Waals surface area contributed by atoms with Crippen LogP contribution in [0.2, 0.25) is 0 Å². The van der Waals surface area contributed by atoms with Gasteiger partial charge < -0.3 is 21.1 Å². The second-order valence-corrected chi connectivity index (χ2v) is 12.7. The number of nitrogens with two attached hydrogens (primary N) is 2. The molecule has 14 heteroatoms. The van der Waals surface area contributed by atoms with Crippen LogP contribution in [0.5, 0.6) is 0 Å². The minimum atomic E-state index is -4.61. The zero-order chi connectivity index (χ0) is 38.2.